The Kier molecular flexibility index (Phi) is 5.85. The molecule has 0 aliphatic rings. The second-order valence-corrected chi connectivity index (χ2v) is 5.99. The molecular formula is C6H16BrN4O2P. The standard InChI is InChI=1S/C6H16BrN4O2P/c1-11(2)4-3-5(7)6(12)10-14(8,9)13/h5H,3-4H2,1-2H3,(H5,8,9,10,12,13). The van der Waals surface area contributed by atoms with E-state index >= 15 is 0 Å². The van der Waals surface area contributed by atoms with E-state index in [1.807, 2.05) is 24.1 Å². The summed E-state index contributed by atoms with van der Waals surface area (Å²) < 4.78 is 10.9. The summed E-state index contributed by atoms with van der Waals surface area (Å²) in [5.74, 6) is -0.444. The third-order valence-corrected chi connectivity index (χ3v) is 2.84. The van der Waals surface area contributed by atoms with E-state index in [4.69, 9.17) is 11.0 Å². The van der Waals surface area contributed by atoms with Gasteiger partial charge in [0.1, 0.15) is 0 Å². The van der Waals surface area contributed by atoms with Crippen molar-refractivity contribution >= 4 is 29.4 Å². The molecule has 0 saturated carbocycles. The van der Waals surface area contributed by atoms with Crippen molar-refractivity contribution in [3.63, 3.8) is 0 Å². The van der Waals surface area contributed by atoms with E-state index < -0.39 is 18.3 Å². The minimum atomic E-state index is -3.47. The molecule has 84 valence electrons. The fraction of sp³-hybridized carbons (Fsp3) is 0.833. The van der Waals surface area contributed by atoms with Crippen LogP contribution in [0.5, 0.6) is 0 Å². The summed E-state index contributed by atoms with van der Waals surface area (Å²) in [6.07, 6.45) is 0.596. The average Bonchev–Trinajstić information content (AvgIpc) is 1.96. The number of carbonyl (C=O) groups is 1. The van der Waals surface area contributed by atoms with Crippen LogP contribution in [-0.2, 0) is 9.36 Å². The molecule has 0 heterocycles. The van der Waals surface area contributed by atoms with Gasteiger partial charge in [-0.15, -0.1) is 0 Å². The minimum absolute atomic E-state index is 0.426. The maximum Gasteiger partial charge on any atom is 0.300 e. The van der Waals surface area contributed by atoms with Crippen LogP contribution in [0, 0.1) is 0 Å². The van der Waals surface area contributed by atoms with Crippen LogP contribution < -0.4 is 16.1 Å². The lowest BCUT2D eigenvalue weighted by Crippen LogP contribution is -2.35. The lowest BCUT2D eigenvalue weighted by molar-refractivity contribution is -0.118. The van der Waals surface area contributed by atoms with Gasteiger partial charge < -0.3 is 4.90 Å². The zero-order chi connectivity index (χ0) is 11.4. The third-order valence-electron chi connectivity index (χ3n) is 1.40. The maximum atomic E-state index is 11.3. The van der Waals surface area contributed by atoms with Crippen molar-refractivity contribution < 1.29 is 9.36 Å². The van der Waals surface area contributed by atoms with Gasteiger partial charge >= 0.3 is 0 Å². The number of alkyl halides is 1. The summed E-state index contributed by atoms with van der Waals surface area (Å²) in [6, 6.07) is 0. The summed E-state index contributed by atoms with van der Waals surface area (Å²) in [5, 5.41) is 2.05. The zero-order valence-corrected chi connectivity index (χ0v) is 10.7. The molecule has 1 atom stereocenters. The summed E-state index contributed by atoms with van der Waals surface area (Å²) in [4.78, 5) is 12.8. The van der Waals surface area contributed by atoms with Gasteiger partial charge in [-0.3, -0.25) is 25.5 Å². The van der Waals surface area contributed by atoms with E-state index in [9.17, 15) is 9.36 Å². The Morgan fingerprint density at radius 2 is 2.07 bits per heavy atom. The molecule has 0 aromatic heterocycles. The van der Waals surface area contributed by atoms with E-state index in [0.717, 1.165) is 6.54 Å². The molecule has 0 aliphatic heterocycles. The quantitative estimate of drug-likeness (QED) is 0.482. The van der Waals surface area contributed by atoms with Crippen LogP contribution in [0.3, 0.4) is 0 Å². The molecule has 1 amide bonds. The normalized spacial score (nSPS) is 14.1. The first kappa shape index (κ1) is 14.1. The topological polar surface area (TPSA) is 101 Å². The molecular weight excluding hydrogens is 271 g/mol. The number of nitrogens with one attached hydrogen (secondary N) is 1. The average molecular weight is 287 g/mol. The second-order valence-electron chi connectivity index (χ2n) is 3.24. The van der Waals surface area contributed by atoms with Crippen LogP contribution in [0.15, 0.2) is 0 Å². The van der Waals surface area contributed by atoms with Gasteiger partial charge in [0.25, 0.3) is 7.59 Å². The molecule has 0 radical (unpaired) electrons. The van der Waals surface area contributed by atoms with Crippen LogP contribution in [0.25, 0.3) is 0 Å². The zero-order valence-electron chi connectivity index (χ0n) is 8.24. The van der Waals surface area contributed by atoms with Gasteiger partial charge in [-0.25, -0.2) is 0 Å². The van der Waals surface area contributed by atoms with Crippen LogP contribution >= 0.6 is 23.5 Å². The van der Waals surface area contributed by atoms with Crippen molar-refractivity contribution in [2.45, 2.75) is 11.2 Å². The Balaban J connectivity index is 3.95. The number of rotatable bonds is 5. The van der Waals surface area contributed by atoms with Crippen molar-refractivity contribution in [2.75, 3.05) is 20.6 Å². The number of hydrogen-bond acceptors (Lipinski definition) is 3. The van der Waals surface area contributed by atoms with Crippen LogP contribution in [-0.4, -0.2) is 36.3 Å². The Labute approximate surface area is 92.0 Å². The Morgan fingerprint density at radius 1 is 1.57 bits per heavy atom. The van der Waals surface area contributed by atoms with Crippen molar-refractivity contribution in [1.29, 1.82) is 0 Å². The predicted octanol–water partition coefficient (Wildman–Crippen LogP) is -0.157. The number of nitrogens with two attached hydrogens (primary N) is 2. The first-order valence-corrected chi connectivity index (χ1v) is 6.76. The first-order valence-electron chi connectivity index (χ1n) is 4.00. The molecule has 0 rings (SSSR count). The van der Waals surface area contributed by atoms with E-state index in [-0.39, 0.29) is 0 Å². The molecule has 0 aromatic rings. The predicted molar refractivity (Wildman–Crippen MR) is 60.0 cm³/mol. The molecule has 1 unspecified atom stereocenters. The first-order chi connectivity index (χ1) is 6.22. The molecule has 0 spiro atoms. The minimum Gasteiger partial charge on any atom is -0.309 e. The molecule has 6 nitrogen and oxygen atoms in total. The molecule has 14 heavy (non-hydrogen) atoms. The lowest BCUT2D eigenvalue weighted by Gasteiger charge is -2.15. The highest BCUT2D eigenvalue weighted by molar-refractivity contribution is 9.10. The molecule has 0 aliphatic carbocycles. The molecule has 0 bridgehead atoms. The van der Waals surface area contributed by atoms with Gasteiger partial charge in [-0.05, 0) is 27.1 Å². The lowest BCUT2D eigenvalue weighted by atomic mass is 10.3. The van der Waals surface area contributed by atoms with Crippen LogP contribution in [0.1, 0.15) is 6.42 Å². The summed E-state index contributed by atoms with van der Waals surface area (Å²) >= 11 is 3.15. The SMILES string of the molecule is CN(C)CCC(Br)C(=O)NP(N)(N)=O. The highest BCUT2D eigenvalue weighted by Gasteiger charge is 2.20. The second kappa shape index (κ2) is 5.82. The number of nitrogens with zero attached hydrogens (tertiary/aromatic N) is 1. The van der Waals surface area contributed by atoms with Gasteiger partial charge in [0.05, 0.1) is 4.83 Å². The van der Waals surface area contributed by atoms with Gasteiger partial charge in [0.2, 0.25) is 5.91 Å². The van der Waals surface area contributed by atoms with Gasteiger partial charge in [-0.2, -0.15) is 0 Å². The Bertz CT molecular complexity index is 242. The van der Waals surface area contributed by atoms with E-state index in [1.54, 1.807) is 0 Å². The molecule has 0 aromatic carbocycles. The van der Waals surface area contributed by atoms with Crippen LogP contribution in [0.2, 0.25) is 0 Å². The van der Waals surface area contributed by atoms with E-state index in [1.165, 1.54) is 0 Å². The van der Waals surface area contributed by atoms with Gasteiger partial charge in [0.15, 0.2) is 0 Å². The maximum absolute atomic E-state index is 11.3. The van der Waals surface area contributed by atoms with Crippen molar-refractivity contribution in [3.8, 4) is 0 Å². The Hall–Kier alpha value is 0.0600. The number of hydrogen-bond donors (Lipinski definition) is 3. The van der Waals surface area contributed by atoms with Crippen molar-refractivity contribution in [2.24, 2.45) is 11.0 Å². The molecule has 0 fully saturated rings. The molecule has 5 N–H and O–H groups in total. The number of amides is 1. The van der Waals surface area contributed by atoms with Crippen molar-refractivity contribution in [3.05, 3.63) is 0 Å². The Morgan fingerprint density at radius 3 is 2.43 bits per heavy atom. The van der Waals surface area contributed by atoms with Crippen molar-refractivity contribution in [1.82, 2.24) is 9.99 Å². The van der Waals surface area contributed by atoms with E-state index in [2.05, 4.69) is 15.9 Å². The number of carbonyl (C=O) groups excluding carboxylic acids is 1. The van der Waals surface area contributed by atoms with E-state index in [0.29, 0.717) is 6.42 Å². The molecule has 0 saturated heterocycles. The highest BCUT2D eigenvalue weighted by Crippen LogP contribution is 2.19. The van der Waals surface area contributed by atoms with Gasteiger partial charge in [-0.1, -0.05) is 15.9 Å². The smallest absolute Gasteiger partial charge is 0.300 e. The number of halogens is 1. The third kappa shape index (κ3) is 7.46. The highest BCUT2D eigenvalue weighted by atomic mass is 79.9. The van der Waals surface area contributed by atoms with Crippen LogP contribution in [0.4, 0.5) is 0 Å². The molecule has 8 heteroatoms. The monoisotopic (exact) mass is 286 g/mol. The summed E-state index contributed by atoms with van der Waals surface area (Å²) in [5.41, 5.74) is 10.0. The fourth-order valence-corrected chi connectivity index (χ4v) is 1.74. The summed E-state index contributed by atoms with van der Waals surface area (Å²) in [7, 11) is 0.328. The summed E-state index contributed by atoms with van der Waals surface area (Å²) in [6.45, 7) is 0.739. The largest absolute Gasteiger partial charge is 0.309 e. The fourth-order valence-electron chi connectivity index (χ4n) is 0.745. The van der Waals surface area contributed by atoms with Gasteiger partial charge in [0, 0.05) is 0 Å².